The summed E-state index contributed by atoms with van der Waals surface area (Å²) in [6.45, 7) is 8.11. The molecular weight excluding hydrogens is 408 g/mol. The monoisotopic (exact) mass is 436 g/mol. The Morgan fingerprint density at radius 1 is 1.14 bits per heavy atom. The maximum atomic E-state index is 12.1. The minimum atomic E-state index is -4.13. The van der Waals surface area contributed by atoms with E-state index in [9.17, 15) is 13.2 Å². The van der Waals surface area contributed by atoms with Crippen molar-refractivity contribution in [2.75, 3.05) is 39.8 Å². The molecule has 0 aromatic heterocycles. The Hall–Kier alpha value is -0.250. The van der Waals surface area contributed by atoms with Crippen LogP contribution in [0.25, 0.3) is 0 Å². The predicted molar refractivity (Wildman–Crippen MR) is 94.8 cm³/mol. The third-order valence-corrected chi connectivity index (χ3v) is 3.59. The van der Waals surface area contributed by atoms with E-state index in [0.29, 0.717) is 24.3 Å². The van der Waals surface area contributed by atoms with Crippen molar-refractivity contribution in [1.82, 2.24) is 15.5 Å². The third-order valence-electron chi connectivity index (χ3n) is 3.59. The summed E-state index contributed by atoms with van der Waals surface area (Å²) in [5.41, 5.74) is 0. The molecule has 1 aliphatic rings. The number of likely N-dealkylation sites (tertiary alicyclic amines) is 1. The fourth-order valence-corrected chi connectivity index (χ4v) is 2.85. The number of piperidine rings is 1. The van der Waals surface area contributed by atoms with Crippen LogP contribution in [0.15, 0.2) is 4.99 Å². The molecule has 0 aromatic rings. The van der Waals surface area contributed by atoms with Crippen LogP contribution in [-0.2, 0) is 0 Å². The highest BCUT2D eigenvalue weighted by Gasteiger charge is 2.26. The summed E-state index contributed by atoms with van der Waals surface area (Å²) in [6.07, 6.45) is -3.72. The van der Waals surface area contributed by atoms with Crippen molar-refractivity contribution in [3.63, 3.8) is 0 Å². The molecule has 2 N–H and O–H groups in total. The first-order valence-corrected chi connectivity index (χ1v) is 7.53. The van der Waals surface area contributed by atoms with Gasteiger partial charge >= 0.3 is 6.18 Å². The number of hydrogen-bond donors (Lipinski definition) is 2. The first kappa shape index (κ1) is 21.8. The van der Waals surface area contributed by atoms with Crippen molar-refractivity contribution in [3.8, 4) is 0 Å². The highest BCUT2D eigenvalue weighted by molar-refractivity contribution is 14.0. The Kier molecular flexibility index (Phi) is 10.4. The lowest BCUT2D eigenvalue weighted by atomic mass is 9.92. The lowest BCUT2D eigenvalue weighted by molar-refractivity contribution is -0.132. The van der Waals surface area contributed by atoms with Crippen LogP contribution in [0.5, 0.6) is 0 Å². The highest BCUT2D eigenvalue weighted by atomic mass is 127. The zero-order valence-electron chi connectivity index (χ0n) is 13.5. The zero-order valence-corrected chi connectivity index (χ0v) is 15.9. The van der Waals surface area contributed by atoms with Crippen molar-refractivity contribution in [1.29, 1.82) is 0 Å². The van der Waals surface area contributed by atoms with Gasteiger partial charge in [-0.3, -0.25) is 4.99 Å². The number of hydrogen-bond acceptors (Lipinski definition) is 2. The van der Waals surface area contributed by atoms with Crippen LogP contribution in [-0.4, -0.2) is 56.8 Å². The molecule has 1 fully saturated rings. The second kappa shape index (κ2) is 10.5. The number of guanidine groups is 1. The van der Waals surface area contributed by atoms with Gasteiger partial charge in [0.1, 0.15) is 0 Å². The van der Waals surface area contributed by atoms with Gasteiger partial charge in [0.15, 0.2) is 5.96 Å². The smallest absolute Gasteiger partial charge is 0.356 e. The van der Waals surface area contributed by atoms with Crippen LogP contribution in [0.2, 0.25) is 0 Å². The molecule has 8 heteroatoms. The molecule has 0 radical (unpaired) electrons. The van der Waals surface area contributed by atoms with E-state index in [-0.39, 0.29) is 30.5 Å². The number of aliphatic imine (C=N–C) groups is 1. The van der Waals surface area contributed by atoms with E-state index in [1.807, 2.05) is 0 Å². The molecule has 0 spiro atoms. The molecule has 0 saturated carbocycles. The van der Waals surface area contributed by atoms with Gasteiger partial charge < -0.3 is 15.5 Å². The Balaban J connectivity index is 0.00000441. The molecule has 2 unspecified atom stereocenters. The van der Waals surface area contributed by atoms with Gasteiger partial charge in [-0.15, -0.1) is 24.0 Å². The Morgan fingerprint density at radius 2 is 1.68 bits per heavy atom. The minimum Gasteiger partial charge on any atom is -0.356 e. The van der Waals surface area contributed by atoms with Crippen LogP contribution in [0, 0.1) is 11.8 Å². The Labute approximate surface area is 148 Å². The van der Waals surface area contributed by atoms with Gasteiger partial charge in [-0.25, -0.2) is 0 Å². The fourth-order valence-electron chi connectivity index (χ4n) is 2.85. The molecule has 22 heavy (non-hydrogen) atoms. The maximum absolute atomic E-state index is 12.1. The summed E-state index contributed by atoms with van der Waals surface area (Å²) < 4.78 is 36.2. The van der Waals surface area contributed by atoms with Gasteiger partial charge in [0.2, 0.25) is 0 Å². The van der Waals surface area contributed by atoms with Crippen LogP contribution < -0.4 is 10.6 Å². The minimum absolute atomic E-state index is 0. The largest absolute Gasteiger partial charge is 0.390 e. The van der Waals surface area contributed by atoms with E-state index >= 15 is 0 Å². The van der Waals surface area contributed by atoms with E-state index in [1.54, 1.807) is 7.05 Å². The normalized spacial score (nSPS) is 23.8. The van der Waals surface area contributed by atoms with E-state index in [4.69, 9.17) is 0 Å². The van der Waals surface area contributed by atoms with Gasteiger partial charge in [0.25, 0.3) is 0 Å². The molecule has 2 atom stereocenters. The van der Waals surface area contributed by atoms with Gasteiger partial charge in [0, 0.05) is 39.8 Å². The molecule has 1 aliphatic heterocycles. The number of alkyl halides is 3. The number of rotatable bonds is 5. The van der Waals surface area contributed by atoms with Crippen molar-refractivity contribution < 1.29 is 13.2 Å². The number of nitrogens with one attached hydrogen (secondary N) is 2. The molecule has 132 valence electrons. The molecule has 4 nitrogen and oxygen atoms in total. The number of nitrogens with zero attached hydrogens (tertiary/aromatic N) is 2. The van der Waals surface area contributed by atoms with Crippen molar-refractivity contribution >= 4 is 29.9 Å². The molecule has 0 amide bonds. The van der Waals surface area contributed by atoms with E-state index in [0.717, 1.165) is 19.6 Å². The van der Waals surface area contributed by atoms with Crippen LogP contribution in [0.3, 0.4) is 0 Å². The standard InChI is InChI=1S/C14H27F3N4.HI/c1-11-8-12(2)10-21(9-11)7-6-20-13(18-3)19-5-4-14(15,16)17;/h11-12H,4-10H2,1-3H3,(H2,18,19,20);1H. The molecule has 1 saturated heterocycles. The van der Waals surface area contributed by atoms with Crippen LogP contribution >= 0.6 is 24.0 Å². The summed E-state index contributed by atoms with van der Waals surface area (Å²) in [6, 6.07) is 0. The van der Waals surface area contributed by atoms with E-state index in [1.165, 1.54) is 6.42 Å². The van der Waals surface area contributed by atoms with Crippen LogP contribution in [0.1, 0.15) is 26.7 Å². The van der Waals surface area contributed by atoms with Gasteiger partial charge in [-0.2, -0.15) is 13.2 Å². The summed E-state index contributed by atoms with van der Waals surface area (Å²) in [7, 11) is 1.56. The second-order valence-corrected chi connectivity index (χ2v) is 6.00. The molecular formula is C14H28F3IN4. The summed E-state index contributed by atoms with van der Waals surface area (Å²) >= 11 is 0. The SMILES string of the molecule is CN=C(NCCN1CC(C)CC(C)C1)NCCC(F)(F)F.I. The third kappa shape index (κ3) is 9.70. The quantitative estimate of drug-likeness (QED) is 0.396. The van der Waals surface area contributed by atoms with E-state index in [2.05, 4.69) is 34.4 Å². The molecule has 0 bridgehead atoms. The lowest BCUT2D eigenvalue weighted by Crippen LogP contribution is -2.45. The Morgan fingerprint density at radius 3 is 2.18 bits per heavy atom. The Bertz CT molecular complexity index is 327. The lowest BCUT2D eigenvalue weighted by Gasteiger charge is -2.35. The topological polar surface area (TPSA) is 39.7 Å². The zero-order chi connectivity index (χ0) is 15.9. The number of halogens is 4. The van der Waals surface area contributed by atoms with Gasteiger partial charge in [0.05, 0.1) is 6.42 Å². The summed E-state index contributed by atoms with van der Waals surface area (Å²) in [5.74, 6) is 1.84. The van der Waals surface area contributed by atoms with E-state index < -0.39 is 12.6 Å². The first-order chi connectivity index (χ1) is 9.80. The van der Waals surface area contributed by atoms with Crippen LogP contribution in [0.4, 0.5) is 13.2 Å². The summed E-state index contributed by atoms with van der Waals surface area (Å²) in [5, 5.41) is 5.74. The average Bonchev–Trinajstić information content (AvgIpc) is 2.34. The highest BCUT2D eigenvalue weighted by Crippen LogP contribution is 2.20. The van der Waals surface area contributed by atoms with Crippen molar-refractivity contribution in [2.24, 2.45) is 16.8 Å². The van der Waals surface area contributed by atoms with Gasteiger partial charge in [-0.1, -0.05) is 13.8 Å². The van der Waals surface area contributed by atoms with Gasteiger partial charge in [-0.05, 0) is 18.3 Å². The molecule has 1 rings (SSSR count). The molecule has 0 aliphatic carbocycles. The summed E-state index contributed by atoms with van der Waals surface area (Å²) in [4.78, 5) is 6.33. The van der Waals surface area contributed by atoms with Crippen molar-refractivity contribution in [3.05, 3.63) is 0 Å². The molecule has 1 heterocycles. The maximum Gasteiger partial charge on any atom is 0.390 e. The first-order valence-electron chi connectivity index (χ1n) is 7.53. The fraction of sp³-hybridized carbons (Fsp3) is 0.929. The average molecular weight is 436 g/mol. The second-order valence-electron chi connectivity index (χ2n) is 6.00. The predicted octanol–water partition coefficient (Wildman–Crippen LogP) is 2.70. The van der Waals surface area contributed by atoms with Crippen molar-refractivity contribution in [2.45, 2.75) is 32.9 Å². The molecule has 0 aromatic carbocycles.